The highest BCUT2D eigenvalue weighted by Crippen LogP contribution is 2.29. The van der Waals surface area contributed by atoms with Crippen LogP contribution >= 0.6 is 0 Å². The molecule has 0 fully saturated rings. The number of hydrogen-bond donors (Lipinski definition) is 0. The molecule has 0 aromatic heterocycles. The van der Waals surface area contributed by atoms with Crippen molar-refractivity contribution < 1.29 is 18.7 Å². The van der Waals surface area contributed by atoms with Crippen LogP contribution in [0.15, 0.2) is 48.5 Å². The van der Waals surface area contributed by atoms with Crippen LogP contribution in [0.1, 0.15) is 31.0 Å². The zero-order valence-electron chi connectivity index (χ0n) is 15.5. The van der Waals surface area contributed by atoms with Crippen molar-refractivity contribution in [1.82, 2.24) is 4.90 Å². The zero-order valence-corrected chi connectivity index (χ0v) is 15.5. The lowest BCUT2D eigenvalue weighted by Gasteiger charge is -2.25. The average Bonchev–Trinajstić information content (AvgIpc) is 2.66. The number of nitrogens with zero attached hydrogens (tertiary/aromatic N) is 1. The molecule has 2 rings (SSSR count). The summed E-state index contributed by atoms with van der Waals surface area (Å²) in [5, 5.41) is 0. The molecular weight excluding hydrogens is 333 g/mol. The van der Waals surface area contributed by atoms with E-state index in [0.717, 1.165) is 11.1 Å². The van der Waals surface area contributed by atoms with Gasteiger partial charge in [-0.3, -0.25) is 4.79 Å². The number of halogens is 1. The Balaban J connectivity index is 2.02. The predicted octanol–water partition coefficient (Wildman–Crippen LogP) is 4.47. The molecule has 138 valence electrons. The zero-order chi connectivity index (χ0) is 19.1. The Morgan fingerprint density at radius 2 is 1.88 bits per heavy atom. The van der Waals surface area contributed by atoms with E-state index in [0.29, 0.717) is 11.5 Å². The first-order valence-corrected chi connectivity index (χ1v) is 8.41. The molecule has 0 heterocycles. The molecule has 0 saturated carbocycles. The fourth-order valence-corrected chi connectivity index (χ4v) is 2.52. The van der Waals surface area contributed by atoms with Crippen LogP contribution in [-0.4, -0.2) is 31.6 Å². The van der Waals surface area contributed by atoms with E-state index >= 15 is 0 Å². The van der Waals surface area contributed by atoms with Crippen LogP contribution < -0.4 is 9.47 Å². The Morgan fingerprint density at radius 1 is 1.19 bits per heavy atom. The molecule has 0 radical (unpaired) electrons. The molecule has 1 unspecified atom stereocenters. The number of carbonyl (C=O) groups excluding carboxylic acids is 1. The van der Waals surface area contributed by atoms with Crippen molar-refractivity contribution in [3.05, 3.63) is 65.5 Å². The van der Waals surface area contributed by atoms with Gasteiger partial charge in [-0.15, -0.1) is 0 Å². The molecule has 0 bridgehead atoms. The maximum Gasteiger partial charge on any atom is 0.260 e. The van der Waals surface area contributed by atoms with Gasteiger partial charge in [0.25, 0.3) is 5.91 Å². The first-order valence-electron chi connectivity index (χ1n) is 8.41. The normalized spacial score (nSPS) is 12.0. The van der Waals surface area contributed by atoms with Gasteiger partial charge in [0, 0.05) is 7.05 Å². The second-order valence-electron chi connectivity index (χ2n) is 5.93. The second-order valence-corrected chi connectivity index (χ2v) is 5.93. The van der Waals surface area contributed by atoms with Gasteiger partial charge in [0.05, 0.1) is 13.2 Å². The predicted molar refractivity (Wildman–Crippen MR) is 101 cm³/mol. The lowest BCUT2D eigenvalue weighted by molar-refractivity contribution is -0.134. The van der Waals surface area contributed by atoms with Gasteiger partial charge in [-0.25, -0.2) is 4.39 Å². The van der Waals surface area contributed by atoms with Crippen LogP contribution in [-0.2, 0) is 4.79 Å². The third-order valence-corrected chi connectivity index (χ3v) is 4.22. The number of carbonyl (C=O) groups is 1. The van der Waals surface area contributed by atoms with E-state index in [-0.39, 0.29) is 24.4 Å². The molecule has 2 aromatic carbocycles. The molecule has 0 saturated heterocycles. The number of amides is 1. The minimum Gasteiger partial charge on any atom is -0.493 e. The monoisotopic (exact) mass is 357 g/mol. The summed E-state index contributed by atoms with van der Waals surface area (Å²) in [6.07, 6.45) is 3.89. The molecule has 4 nitrogen and oxygen atoms in total. The van der Waals surface area contributed by atoms with Gasteiger partial charge in [0.2, 0.25) is 0 Å². The van der Waals surface area contributed by atoms with Crippen molar-refractivity contribution in [2.45, 2.75) is 19.9 Å². The number of allylic oxidation sites excluding steroid dienone is 1. The maximum atomic E-state index is 13.0. The molecule has 0 N–H and O–H groups in total. The largest absolute Gasteiger partial charge is 0.493 e. The summed E-state index contributed by atoms with van der Waals surface area (Å²) in [5.74, 6) is 0.604. The van der Waals surface area contributed by atoms with E-state index < -0.39 is 0 Å². The van der Waals surface area contributed by atoms with Crippen LogP contribution in [0.2, 0.25) is 0 Å². The van der Waals surface area contributed by atoms with Crippen molar-refractivity contribution in [3.8, 4) is 11.5 Å². The maximum absolute atomic E-state index is 13.0. The number of ether oxygens (including phenoxy) is 2. The highest BCUT2D eigenvalue weighted by molar-refractivity contribution is 5.78. The fraction of sp³-hybridized carbons (Fsp3) is 0.286. The summed E-state index contributed by atoms with van der Waals surface area (Å²) in [4.78, 5) is 14.0. The Morgan fingerprint density at radius 3 is 2.50 bits per heavy atom. The molecule has 0 spiro atoms. The van der Waals surface area contributed by atoms with Crippen LogP contribution in [0.3, 0.4) is 0 Å². The summed E-state index contributed by atoms with van der Waals surface area (Å²) in [5.41, 5.74) is 1.85. The van der Waals surface area contributed by atoms with Crippen molar-refractivity contribution >= 4 is 12.0 Å². The number of benzene rings is 2. The van der Waals surface area contributed by atoms with Crippen molar-refractivity contribution in [2.24, 2.45) is 0 Å². The van der Waals surface area contributed by atoms with Gasteiger partial charge in [-0.1, -0.05) is 30.4 Å². The van der Waals surface area contributed by atoms with Crippen LogP contribution in [0, 0.1) is 5.82 Å². The van der Waals surface area contributed by atoms with Gasteiger partial charge >= 0.3 is 0 Å². The molecular formula is C21H24FNO3. The van der Waals surface area contributed by atoms with Crippen molar-refractivity contribution in [3.63, 3.8) is 0 Å². The fourth-order valence-electron chi connectivity index (χ4n) is 2.52. The summed E-state index contributed by atoms with van der Waals surface area (Å²) in [6, 6.07) is 11.5. The van der Waals surface area contributed by atoms with E-state index in [1.165, 1.54) is 12.1 Å². The van der Waals surface area contributed by atoms with Gasteiger partial charge in [-0.05, 0) is 49.2 Å². The van der Waals surface area contributed by atoms with Crippen LogP contribution in [0.25, 0.3) is 6.08 Å². The Bertz CT molecular complexity index is 771. The van der Waals surface area contributed by atoms with Crippen molar-refractivity contribution in [1.29, 1.82) is 0 Å². The molecule has 0 aliphatic carbocycles. The highest BCUT2D eigenvalue weighted by atomic mass is 19.1. The quantitative estimate of drug-likeness (QED) is 0.734. The number of rotatable bonds is 7. The molecule has 1 atom stereocenters. The van der Waals surface area contributed by atoms with Gasteiger partial charge in [-0.2, -0.15) is 0 Å². The first kappa shape index (κ1) is 19.5. The molecule has 0 aliphatic rings. The Kier molecular flexibility index (Phi) is 6.78. The van der Waals surface area contributed by atoms with Gasteiger partial charge in [0.15, 0.2) is 18.1 Å². The standard InChI is InChI=1S/C21H24FNO3/c1-5-6-16-7-12-19(20(13-16)25-4)26-14-21(24)23(3)15(2)17-8-10-18(22)11-9-17/h5-13,15H,14H2,1-4H3/b6-5+. The Labute approximate surface area is 153 Å². The van der Waals surface area contributed by atoms with Crippen LogP contribution in [0.5, 0.6) is 11.5 Å². The minimum atomic E-state index is -0.299. The molecule has 0 aliphatic heterocycles. The number of likely N-dealkylation sites (N-methyl/N-ethyl adjacent to an activating group) is 1. The second kappa shape index (κ2) is 9.04. The summed E-state index contributed by atoms with van der Waals surface area (Å²) < 4.78 is 24.0. The topological polar surface area (TPSA) is 38.8 Å². The third-order valence-electron chi connectivity index (χ3n) is 4.22. The summed E-state index contributed by atoms with van der Waals surface area (Å²) in [7, 11) is 3.26. The number of hydrogen-bond acceptors (Lipinski definition) is 3. The minimum absolute atomic E-state index is 0.110. The van der Waals surface area contributed by atoms with Crippen LogP contribution in [0.4, 0.5) is 4.39 Å². The number of methoxy groups -OCH3 is 1. The smallest absolute Gasteiger partial charge is 0.260 e. The van der Waals surface area contributed by atoms with Gasteiger partial charge in [0.1, 0.15) is 5.82 Å². The van der Waals surface area contributed by atoms with E-state index in [4.69, 9.17) is 9.47 Å². The SMILES string of the molecule is C/C=C/c1ccc(OCC(=O)N(C)C(C)c2ccc(F)cc2)c(OC)c1. The average molecular weight is 357 g/mol. The lowest BCUT2D eigenvalue weighted by Crippen LogP contribution is -2.33. The van der Waals surface area contributed by atoms with E-state index in [1.54, 1.807) is 37.3 Å². The molecule has 26 heavy (non-hydrogen) atoms. The molecule has 2 aromatic rings. The Hall–Kier alpha value is -2.82. The molecule has 1 amide bonds. The van der Waals surface area contributed by atoms with E-state index in [2.05, 4.69) is 0 Å². The first-order chi connectivity index (χ1) is 12.5. The third kappa shape index (κ3) is 4.85. The summed E-state index contributed by atoms with van der Waals surface area (Å²) in [6.45, 7) is 3.71. The van der Waals surface area contributed by atoms with E-state index in [1.807, 2.05) is 38.1 Å². The lowest BCUT2D eigenvalue weighted by atomic mass is 10.1. The van der Waals surface area contributed by atoms with E-state index in [9.17, 15) is 9.18 Å². The molecule has 5 heteroatoms. The van der Waals surface area contributed by atoms with Gasteiger partial charge < -0.3 is 14.4 Å². The van der Waals surface area contributed by atoms with Crippen molar-refractivity contribution in [2.75, 3.05) is 20.8 Å². The highest BCUT2D eigenvalue weighted by Gasteiger charge is 2.18. The summed E-state index contributed by atoms with van der Waals surface area (Å²) >= 11 is 0.